The number of carbonyl (C=O) groups excluding carboxylic acids is 1. The summed E-state index contributed by atoms with van der Waals surface area (Å²) in [6.07, 6.45) is 0.546. The summed E-state index contributed by atoms with van der Waals surface area (Å²) in [5.74, 6) is 0.240. The van der Waals surface area contributed by atoms with Crippen molar-refractivity contribution >= 4 is 55.9 Å². The molecule has 0 radical (unpaired) electrons. The predicted molar refractivity (Wildman–Crippen MR) is 137 cm³/mol. The second kappa shape index (κ2) is 9.67. The maximum Gasteiger partial charge on any atom is 0.266 e. The molecule has 1 aromatic heterocycles. The van der Waals surface area contributed by atoms with Gasteiger partial charge in [-0.05, 0) is 61.0 Å². The Labute approximate surface area is 209 Å². The van der Waals surface area contributed by atoms with E-state index in [0.717, 1.165) is 4.47 Å². The fraction of sp³-hybridized carbons (Fsp3) is 0.160. The number of benzene rings is 3. The second-order valence-electron chi connectivity index (χ2n) is 7.57. The second-order valence-corrected chi connectivity index (χ2v) is 9.30. The van der Waals surface area contributed by atoms with Crippen LogP contribution in [0.3, 0.4) is 0 Å². The van der Waals surface area contributed by atoms with E-state index >= 15 is 0 Å². The fourth-order valence-corrected chi connectivity index (χ4v) is 4.38. The molecule has 5 nitrogen and oxygen atoms in total. The molecule has 8 heteroatoms. The van der Waals surface area contributed by atoms with Crippen molar-refractivity contribution in [1.82, 2.24) is 14.5 Å². The molecule has 0 spiro atoms. The summed E-state index contributed by atoms with van der Waals surface area (Å²) in [5.41, 5.74) is 1.47. The van der Waals surface area contributed by atoms with Gasteiger partial charge in [-0.3, -0.25) is 14.2 Å². The van der Waals surface area contributed by atoms with Gasteiger partial charge >= 0.3 is 0 Å². The lowest BCUT2D eigenvalue weighted by Crippen LogP contribution is -2.36. The first-order valence-corrected chi connectivity index (χ1v) is 11.9. The largest absolute Gasteiger partial charge is 0.332 e. The van der Waals surface area contributed by atoms with E-state index in [1.807, 2.05) is 43.3 Å². The first kappa shape index (κ1) is 23.5. The van der Waals surface area contributed by atoms with Crippen molar-refractivity contribution in [2.24, 2.45) is 0 Å². The van der Waals surface area contributed by atoms with E-state index in [-0.39, 0.29) is 11.5 Å². The molecule has 33 heavy (non-hydrogen) atoms. The van der Waals surface area contributed by atoms with Crippen LogP contribution in [0.2, 0.25) is 10.0 Å². The number of amides is 1. The summed E-state index contributed by atoms with van der Waals surface area (Å²) in [7, 11) is 1.70. The van der Waals surface area contributed by atoms with E-state index in [1.165, 1.54) is 0 Å². The Bertz CT molecular complexity index is 1400. The van der Waals surface area contributed by atoms with Crippen molar-refractivity contribution in [3.8, 4) is 5.69 Å². The van der Waals surface area contributed by atoms with E-state index in [1.54, 1.807) is 46.8 Å². The van der Waals surface area contributed by atoms with E-state index in [2.05, 4.69) is 15.9 Å². The fourth-order valence-electron chi connectivity index (χ4n) is 3.82. The molecule has 0 saturated carbocycles. The Morgan fingerprint density at radius 1 is 1.06 bits per heavy atom. The molecule has 0 aliphatic heterocycles. The van der Waals surface area contributed by atoms with Crippen molar-refractivity contribution in [3.63, 3.8) is 0 Å². The lowest BCUT2D eigenvalue weighted by atomic mass is 10.1. The van der Waals surface area contributed by atoms with Crippen LogP contribution in [0.15, 0.2) is 76.0 Å². The molecule has 1 heterocycles. The Balaban J connectivity index is 1.89. The van der Waals surface area contributed by atoms with Gasteiger partial charge in [0.1, 0.15) is 5.82 Å². The summed E-state index contributed by atoms with van der Waals surface area (Å²) in [4.78, 5) is 33.3. The molecule has 0 aliphatic carbocycles. The third-order valence-electron chi connectivity index (χ3n) is 5.53. The molecule has 1 amide bonds. The van der Waals surface area contributed by atoms with Gasteiger partial charge in [-0.25, -0.2) is 4.98 Å². The standard InChI is InChI=1S/C25H20BrCl2N3O2/c1-3-22(30(2)24(32)15-8-13-19(27)20(28)14-15)23-29-21-7-5-4-6-18(21)25(33)31(23)17-11-9-16(26)10-12-17/h4-14,22H,3H2,1-2H3. The van der Waals surface area contributed by atoms with E-state index in [9.17, 15) is 9.59 Å². The number of nitrogens with zero attached hydrogens (tertiary/aromatic N) is 3. The number of rotatable bonds is 5. The minimum absolute atomic E-state index is 0.188. The van der Waals surface area contributed by atoms with Crippen LogP contribution in [0.25, 0.3) is 16.6 Å². The maximum absolute atomic E-state index is 13.6. The van der Waals surface area contributed by atoms with Crippen LogP contribution in [0.4, 0.5) is 0 Å². The molecular weight excluding hydrogens is 525 g/mol. The molecule has 3 aromatic carbocycles. The van der Waals surface area contributed by atoms with Crippen LogP contribution in [0, 0.1) is 0 Å². The topological polar surface area (TPSA) is 55.2 Å². The Morgan fingerprint density at radius 2 is 1.76 bits per heavy atom. The molecule has 0 saturated heterocycles. The molecule has 1 unspecified atom stereocenters. The third kappa shape index (κ3) is 4.56. The summed E-state index contributed by atoms with van der Waals surface area (Å²) in [6.45, 7) is 1.95. The molecule has 4 aromatic rings. The highest BCUT2D eigenvalue weighted by atomic mass is 79.9. The van der Waals surface area contributed by atoms with Gasteiger partial charge in [0.25, 0.3) is 11.5 Å². The summed E-state index contributed by atoms with van der Waals surface area (Å²) < 4.78 is 2.48. The molecule has 0 aliphatic rings. The first-order chi connectivity index (χ1) is 15.8. The Morgan fingerprint density at radius 3 is 2.42 bits per heavy atom. The number of hydrogen-bond acceptors (Lipinski definition) is 3. The van der Waals surface area contributed by atoms with Gasteiger partial charge in [0.15, 0.2) is 0 Å². The number of fused-ring (bicyclic) bond motifs is 1. The summed E-state index contributed by atoms with van der Waals surface area (Å²) in [5, 5.41) is 1.19. The molecular formula is C25H20BrCl2N3O2. The van der Waals surface area contributed by atoms with Crippen molar-refractivity contribution in [1.29, 1.82) is 0 Å². The quantitative estimate of drug-likeness (QED) is 0.281. The zero-order valence-electron chi connectivity index (χ0n) is 17.9. The summed E-state index contributed by atoms with van der Waals surface area (Å²) >= 11 is 15.6. The van der Waals surface area contributed by atoms with Crippen LogP contribution in [0.1, 0.15) is 35.6 Å². The molecule has 0 fully saturated rings. The SMILES string of the molecule is CCC(c1nc2ccccc2c(=O)n1-c1ccc(Br)cc1)N(C)C(=O)c1ccc(Cl)c(Cl)c1. The van der Waals surface area contributed by atoms with Gasteiger partial charge in [-0.2, -0.15) is 0 Å². The maximum atomic E-state index is 13.6. The van der Waals surface area contributed by atoms with E-state index in [4.69, 9.17) is 28.2 Å². The van der Waals surface area contributed by atoms with Gasteiger partial charge in [-0.15, -0.1) is 0 Å². The lowest BCUT2D eigenvalue weighted by molar-refractivity contribution is 0.0717. The highest BCUT2D eigenvalue weighted by Crippen LogP contribution is 2.28. The Kier molecular flexibility index (Phi) is 6.88. The lowest BCUT2D eigenvalue weighted by Gasteiger charge is -2.29. The third-order valence-corrected chi connectivity index (χ3v) is 6.79. The van der Waals surface area contributed by atoms with Gasteiger partial charge in [-0.1, -0.05) is 58.2 Å². The van der Waals surface area contributed by atoms with Crippen molar-refractivity contribution < 1.29 is 4.79 Å². The van der Waals surface area contributed by atoms with Crippen LogP contribution in [0.5, 0.6) is 0 Å². The van der Waals surface area contributed by atoms with Gasteiger partial charge in [0.2, 0.25) is 0 Å². The highest BCUT2D eigenvalue weighted by molar-refractivity contribution is 9.10. The minimum Gasteiger partial charge on any atom is -0.332 e. The Hall–Kier alpha value is -2.67. The zero-order valence-corrected chi connectivity index (χ0v) is 21.0. The van der Waals surface area contributed by atoms with Crippen molar-refractivity contribution in [3.05, 3.63) is 103 Å². The van der Waals surface area contributed by atoms with Crippen LogP contribution in [-0.4, -0.2) is 27.4 Å². The molecule has 1 atom stereocenters. The average molecular weight is 545 g/mol. The predicted octanol–water partition coefficient (Wildman–Crippen LogP) is 6.68. The molecule has 168 valence electrons. The smallest absolute Gasteiger partial charge is 0.266 e. The monoisotopic (exact) mass is 543 g/mol. The van der Waals surface area contributed by atoms with Gasteiger partial charge < -0.3 is 4.90 Å². The first-order valence-electron chi connectivity index (χ1n) is 10.3. The van der Waals surface area contributed by atoms with Gasteiger partial charge in [0, 0.05) is 17.1 Å². The van der Waals surface area contributed by atoms with Crippen LogP contribution in [-0.2, 0) is 0 Å². The number of aromatic nitrogens is 2. The van der Waals surface area contributed by atoms with Crippen molar-refractivity contribution in [2.75, 3.05) is 7.05 Å². The highest BCUT2D eigenvalue weighted by Gasteiger charge is 2.27. The summed E-state index contributed by atoms with van der Waals surface area (Å²) in [6, 6.07) is 19.0. The van der Waals surface area contributed by atoms with E-state index in [0.29, 0.717) is 44.4 Å². The number of para-hydroxylation sites is 1. The van der Waals surface area contributed by atoms with Gasteiger partial charge in [0.05, 0.1) is 32.7 Å². The van der Waals surface area contributed by atoms with Crippen molar-refractivity contribution in [2.45, 2.75) is 19.4 Å². The number of carbonyl (C=O) groups is 1. The molecule has 4 rings (SSSR count). The number of halogens is 3. The molecule has 0 bridgehead atoms. The number of hydrogen-bond donors (Lipinski definition) is 0. The average Bonchev–Trinajstić information content (AvgIpc) is 2.82. The minimum atomic E-state index is -0.465. The van der Waals surface area contributed by atoms with E-state index < -0.39 is 6.04 Å². The molecule has 0 N–H and O–H groups in total. The van der Waals surface area contributed by atoms with Crippen LogP contribution < -0.4 is 5.56 Å². The van der Waals surface area contributed by atoms with Crippen LogP contribution >= 0.6 is 39.1 Å². The normalized spacial score (nSPS) is 12.0. The zero-order chi connectivity index (χ0) is 23.7.